The minimum absolute atomic E-state index is 0.0869. The van der Waals surface area contributed by atoms with Crippen LogP contribution in [0.15, 0.2) is 0 Å². The Bertz CT molecular complexity index is 593. The molecule has 9 atom stereocenters. The highest BCUT2D eigenvalue weighted by Gasteiger charge is 2.70. The van der Waals surface area contributed by atoms with Gasteiger partial charge in [-0.15, -0.1) is 0 Å². The Morgan fingerprint density at radius 1 is 1.04 bits per heavy atom. The molecule has 0 aromatic rings. The van der Waals surface area contributed by atoms with Crippen molar-refractivity contribution in [3.63, 3.8) is 0 Å². The number of carbonyl (C=O) groups excluding carboxylic acids is 1. The number of hydrogen-bond acceptors (Lipinski definition) is 5. The van der Waals surface area contributed by atoms with Crippen LogP contribution < -0.4 is 0 Å². The maximum absolute atomic E-state index is 12.4. The van der Waals surface area contributed by atoms with Crippen LogP contribution in [0.2, 0.25) is 0 Å². The van der Waals surface area contributed by atoms with Crippen LogP contribution in [0.3, 0.4) is 0 Å². The summed E-state index contributed by atoms with van der Waals surface area (Å²) in [6.07, 6.45) is 5.43. The molecule has 4 N–H and O–H groups in total. The molecule has 4 saturated carbocycles. The molecule has 0 amide bonds. The van der Waals surface area contributed by atoms with Crippen molar-refractivity contribution in [2.75, 3.05) is 6.61 Å². The molecule has 0 aromatic carbocycles. The van der Waals surface area contributed by atoms with Crippen LogP contribution >= 0.6 is 0 Å². The van der Waals surface area contributed by atoms with Crippen LogP contribution in [0.25, 0.3) is 0 Å². The summed E-state index contributed by atoms with van der Waals surface area (Å²) in [5, 5.41) is 42.0. The van der Waals surface area contributed by atoms with E-state index in [2.05, 4.69) is 6.92 Å². The minimum Gasteiger partial charge on any atom is -0.393 e. The van der Waals surface area contributed by atoms with E-state index in [1.54, 1.807) is 0 Å². The Kier molecular flexibility index (Phi) is 4.35. The highest BCUT2D eigenvalue weighted by atomic mass is 16.3. The topological polar surface area (TPSA) is 98.0 Å². The average Bonchev–Trinajstić information content (AvgIpc) is 2.80. The Balaban J connectivity index is 1.69. The van der Waals surface area contributed by atoms with E-state index in [0.717, 1.165) is 38.5 Å². The maximum Gasteiger partial charge on any atom is 0.164 e. The number of carbonyl (C=O) groups is 1. The molecule has 4 aliphatic carbocycles. The Morgan fingerprint density at radius 3 is 2.46 bits per heavy atom. The number of hydrogen-bond donors (Lipinski definition) is 4. The van der Waals surface area contributed by atoms with Gasteiger partial charge in [0.05, 0.1) is 23.7 Å². The third-order valence-electron chi connectivity index (χ3n) is 9.34. The summed E-state index contributed by atoms with van der Waals surface area (Å²) in [5.74, 6) is -0.0419. The van der Waals surface area contributed by atoms with Gasteiger partial charge in [-0.3, -0.25) is 4.79 Å². The Hall–Kier alpha value is -0.490. The zero-order valence-electron chi connectivity index (χ0n) is 16.0. The molecule has 0 bridgehead atoms. The highest BCUT2D eigenvalue weighted by molar-refractivity contribution is 5.84. The smallest absolute Gasteiger partial charge is 0.164 e. The Labute approximate surface area is 155 Å². The summed E-state index contributed by atoms with van der Waals surface area (Å²) in [5.41, 5.74) is -1.58. The van der Waals surface area contributed by atoms with Gasteiger partial charge in [-0.2, -0.15) is 0 Å². The van der Waals surface area contributed by atoms with Crippen LogP contribution in [0.4, 0.5) is 0 Å². The van der Waals surface area contributed by atoms with Gasteiger partial charge in [0.1, 0.15) is 6.61 Å². The first-order valence-corrected chi connectivity index (χ1v) is 10.4. The predicted molar refractivity (Wildman–Crippen MR) is 96.2 cm³/mol. The van der Waals surface area contributed by atoms with Gasteiger partial charge in [-0.1, -0.05) is 13.8 Å². The van der Waals surface area contributed by atoms with Crippen molar-refractivity contribution in [3.8, 4) is 0 Å². The second-order valence-corrected chi connectivity index (χ2v) is 10.2. The second kappa shape index (κ2) is 6.00. The van der Waals surface area contributed by atoms with E-state index in [9.17, 15) is 25.2 Å². The van der Waals surface area contributed by atoms with Gasteiger partial charge in [-0.05, 0) is 68.1 Å². The molecule has 0 heterocycles. The van der Waals surface area contributed by atoms with Gasteiger partial charge in [0.25, 0.3) is 0 Å². The third-order valence-corrected chi connectivity index (χ3v) is 9.34. The van der Waals surface area contributed by atoms with Crippen LogP contribution in [-0.2, 0) is 4.79 Å². The number of rotatable bonds is 2. The molecule has 0 radical (unpaired) electrons. The van der Waals surface area contributed by atoms with Gasteiger partial charge < -0.3 is 20.4 Å². The quantitative estimate of drug-likeness (QED) is 0.596. The monoisotopic (exact) mass is 366 g/mol. The number of aliphatic hydroxyl groups is 4. The van der Waals surface area contributed by atoms with Gasteiger partial charge in [-0.25, -0.2) is 0 Å². The number of ketones is 1. The van der Waals surface area contributed by atoms with Crippen molar-refractivity contribution in [1.29, 1.82) is 0 Å². The van der Waals surface area contributed by atoms with Gasteiger partial charge in [0.2, 0.25) is 0 Å². The van der Waals surface area contributed by atoms with E-state index >= 15 is 0 Å². The normalized spacial score (nSPS) is 56.4. The molecule has 0 aromatic heterocycles. The van der Waals surface area contributed by atoms with E-state index in [0.29, 0.717) is 18.3 Å². The number of aliphatic hydroxyl groups excluding tert-OH is 3. The van der Waals surface area contributed by atoms with Crippen molar-refractivity contribution < 1.29 is 25.2 Å². The number of Topliss-reactive ketones (excluding diaryl/α,β-unsaturated/α-hetero) is 1. The maximum atomic E-state index is 12.4. The SMILES string of the molecule is C[C@]12CCC(O)CC1CC[C@@H]1[C@@H]2CC[C@]2(C)[C@@H](C(=O)CO)C(O)C[C@]12O. The van der Waals surface area contributed by atoms with Crippen molar-refractivity contribution in [2.45, 2.75) is 83.0 Å². The molecule has 4 aliphatic rings. The van der Waals surface area contributed by atoms with Gasteiger partial charge in [0, 0.05) is 11.8 Å². The summed E-state index contributed by atoms with van der Waals surface area (Å²) in [4.78, 5) is 12.4. The molecule has 4 rings (SSSR count). The van der Waals surface area contributed by atoms with Gasteiger partial charge >= 0.3 is 0 Å². The van der Waals surface area contributed by atoms with E-state index < -0.39 is 29.6 Å². The first kappa shape index (κ1) is 18.9. The lowest BCUT2D eigenvalue weighted by Gasteiger charge is -2.63. The van der Waals surface area contributed by atoms with Crippen LogP contribution in [-0.4, -0.2) is 50.6 Å². The van der Waals surface area contributed by atoms with Crippen LogP contribution in [0, 0.1) is 34.5 Å². The molecule has 26 heavy (non-hydrogen) atoms. The predicted octanol–water partition coefficient (Wildman–Crippen LogP) is 1.65. The van der Waals surface area contributed by atoms with Crippen molar-refractivity contribution in [1.82, 2.24) is 0 Å². The fourth-order valence-corrected chi connectivity index (χ4v) is 7.91. The molecule has 3 unspecified atom stereocenters. The molecule has 5 heteroatoms. The molecule has 148 valence electrons. The lowest BCUT2D eigenvalue weighted by molar-refractivity contribution is -0.210. The van der Waals surface area contributed by atoms with Crippen molar-refractivity contribution in [3.05, 3.63) is 0 Å². The fourth-order valence-electron chi connectivity index (χ4n) is 7.91. The summed E-state index contributed by atoms with van der Waals surface area (Å²) in [6, 6.07) is 0. The molecule has 0 spiro atoms. The first-order valence-electron chi connectivity index (χ1n) is 10.4. The molecule has 4 fully saturated rings. The molecular formula is C21H34O5. The summed E-state index contributed by atoms with van der Waals surface area (Å²) >= 11 is 0. The average molecular weight is 366 g/mol. The van der Waals surface area contributed by atoms with E-state index in [1.807, 2.05) is 6.92 Å². The highest BCUT2D eigenvalue weighted by Crippen LogP contribution is 2.69. The fraction of sp³-hybridized carbons (Fsp3) is 0.952. The molecular weight excluding hydrogens is 332 g/mol. The van der Waals surface area contributed by atoms with Crippen LogP contribution in [0.1, 0.15) is 65.2 Å². The minimum atomic E-state index is -1.05. The first-order chi connectivity index (χ1) is 12.2. The Morgan fingerprint density at radius 2 is 1.77 bits per heavy atom. The largest absolute Gasteiger partial charge is 0.393 e. The summed E-state index contributed by atoms with van der Waals surface area (Å²) in [7, 11) is 0. The van der Waals surface area contributed by atoms with E-state index in [1.165, 1.54) is 0 Å². The van der Waals surface area contributed by atoms with Gasteiger partial charge in [0.15, 0.2) is 5.78 Å². The number of fused-ring (bicyclic) bond motifs is 5. The molecule has 0 saturated heterocycles. The lowest BCUT2D eigenvalue weighted by atomic mass is 9.43. The van der Waals surface area contributed by atoms with Crippen LogP contribution in [0.5, 0.6) is 0 Å². The standard InChI is InChI=1S/C21H34O5/c1-19-7-5-13(23)9-12(19)3-4-15-14(19)6-8-20(2)18(17(25)11-22)16(24)10-21(15,20)26/h12-16,18,22-24,26H,3-11H2,1-2H3/t12?,13?,14-,15+,16?,18+,19-,20+,21-/m0/s1. The van der Waals surface area contributed by atoms with Crippen molar-refractivity contribution >= 4 is 5.78 Å². The lowest BCUT2D eigenvalue weighted by Crippen LogP contribution is -2.62. The summed E-state index contributed by atoms with van der Waals surface area (Å²) in [6.45, 7) is 3.73. The molecule has 5 nitrogen and oxygen atoms in total. The molecule has 0 aliphatic heterocycles. The van der Waals surface area contributed by atoms with Crippen molar-refractivity contribution in [2.24, 2.45) is 34.5 Å². The zero-order valence-corrected chi connectivity index (χ0v) is 16.0. The third kappa shape index (κ3) is 2.27. The second-order valence-electron chi connectivity index (χ2n) is 10.2. The van der Waals surface area contributed by atoms with E-state index in [4.69, 9.17) is 0 Å². The van der Waals surface area contributed by atoms with E-state index in [-0.39, 0.29) is 29.6 Å². The zero-order chi connectivity index (χ0) is 18.9. The summed E-state index contributed by atoms with van der Waals surface area (Å²) < 4.78 is 0.